The molecule has 1 atom stereocenters. The third-order valence-electron chi connectivity index (χ3n) is 5.55. The van der Waals surface area contributed by atoms with Crippen molar-refractivity contribution in [2.24, 2.45) is 0 Å². The molecule has 28 heavy (non-hydrogen) atoms. The van der Waals surface area contributed by atoms with Gasteiger partial charge in [0, 0.05) is 45.0 Å². The average Bonchev–Trinajstić information content (AvgIpc) is 3.16. The summed E-state index contributed by atoms with van der Waals surface area (Å²) in [4.78, 5) is 9.65. The van der Waals surface area contributed by atoms with E-state index in [-0.39, 0.29) is 6.04 Å². The van der Waals surface area contributed by atoms with Gasteiger partial charge in [-0.2, -0.15) is 0 Å². The molecule has 6 nitrogen and oxygen atoms in total. The summed E-state index contributed by atoms with van der Waals surface area (Å²) in [5.41, 5.74) is 3.30. The van der Waals surface area contributed by atoms with Gasteiger partial charge in [-0.3, -0.25) is 4.40 Å². The van der Waals surface area contributed by atoms with Crippen molar-refractivity contribution in [3.05, 3.63) is 59.9 Å². The molecule has 1 aromatic carbocycles. The van der Waals surface area contributed by atoms with Gasteiger partial charge in [0.2, 0.25) is 0 Å². The molecule has 0 aliphatic carbocycles. The van der Waals surface area contributed by atoms with Gasteiger partial charge in [-0.25, -0.2) is 4.98 Å². The van der Waals surface area contributed by atoms with E-state index < -0.39 is 0 Å². The minimum Gasteiger partial charge on any atom is -0.497 e. The van der Waals surface area contributed by atoms with Crippen LogP contribution in [-0.4, -0.2) is 54.6 Å². The number of pyridine rings is 1. The molecular weight excluding hydrogens is 350 g/mol. The Morgan fingerprint density at radius 3 is 2.54 bits per heavy atom. The van der Waals surface area contributed by atoms with E-state index in [2.05, 4.69) is 70.0 Å². The van der Waals surface area contributed by atoms with Gasteiger partial charge >= 0.3 is 0 Å². The monoisotopic (exact) mass is 379 g/mol. The molecule has 148 valence electrons. The van der Waals surface area contributed by atoms with Crippen LogP contribution in [-0.2, 0) is 6.54 Å². The minimum atomic E-state index is 0.243. The van der Waals surface area contributed by atoms with Gasteiger partial charge in [0.05, 0.1) is 12.8 Å². The summed E-state index contributed by atoms with van der Waals surface area (Å²) in [6.45, 7) is 7.20. The summed E-state index contributed by atoms with van der Waals surface area (Å²) in [5.74, 6) is 2.11. The summed E-state index contributed by atoms with van der Waals surface area (Å²) < 4.78 is 7.46. The molecule has 0 amide bonds. The zero-order chi connectivity index (χ0) is 19.5. The van der Waals surface area contributed by atoms with Crippen molar-refractivity contribution >= 4 is 11.5 Å². The molecule has 0 radical (unpaired) electrons. The predicted octanol–water partition coefficient (Wildman–Crippen LogP) is 2.95. The Hall–Kier alpha value is -2.57. The van der Waals surface area contributed by atoms with Crippen LogP contribution in [0, 0.1) is 0 Å². The Labute approximate surface area is 166 Å². The number of imidazole rings is 1. The maximum atomic E-state index is 5.24. The number of ether oxygens (including phenoxy) is 1. The van der Waals surface area contributed by atoms with Crippen molar-refractivity contribution < 1.29 is 4.74 Å². The minimum absolute atomic E-state index is 0.243. The number of aromatic nitrogens is 2. The number of likely N-dealkylation sites (N-methyl/N-ethyl adjacent to an activating group) is 1. The molecule has 0 spiro atoms. The number of hydrogen-bond donors (Lipinski definition) is 1. The highest BCUT2D eigenvalue weighted by molar-refractivity contribution is 5.52. The van der Waals surface area contributed by atoms with Crippen LogP contribution in [0.2, 0.25) is 0 Å². The van der Waals surface area contributed by atoms with E-state index >= 15 is 0 Å². The standard InChI is InChI=1S/C22H29N5O/c1-17(18-7-9-20(28-3)10-8-18)23-15-19-16-27-21(24-19)5-4-6-22(27)26-13-11-25(2)12-14-26/h4-10,16-17,23H,11-15H2,1-3H3/t17-/m0/s1. The molecule has 1 aliphatic heterocycles. The zero-order valence-corrected chi connectivity index (χ0v) is 16.9. The summed E-state index contributed by atoms with van der Waals surface area (Å²) in [6, 6.07) is 14.8. The molecule has 1 fully saturated rings. The normalized spacial score (nSPS) is 16.5. The fraction of sp³-hybridized carbons (Fsp3) is 0.409. The lowest BCUT2D eigenvalue weighted by Crippen LogP contribution is -2.45. The van der Waals surface area contributed by atoms with Gasteiger partial charge in [-0.1, -0.05) is 18.2 Å². The van der Waals surface area contributed by atoms with Crippen LogP contribution in [0.1, 0.15) is 24.2 Å². The number of fused-ring (bicyclic) bond motifs is 1. The van der Waals surface area contributed by atoms with Crippen LogP contribution >= 0.6 is 0 Å². The lowest BCUT2D eigenvalue weighted by molar-refractivity contribution is 0.312. The smallest absolute Gasteiger partial charge is 0.138 e. The molecule has 0 bridgehead atoms. The second kappa shape index (κ2) is 8.20. The van der Waals surface area contributed by atoms with Crippen molar-refractivity contribution in [1.82, 2.24) is 19.6 Å². The Balaban J connectivity index is 1.46. The molecule has 3 aromatic rings. The highest BCUT2D eigenvalue weighted by Gasteiger charge is 2.17. The fourth-order valence-electron chi connectivity index (χ4n) is 3.69. The Morgan fingerprint density at radius 1 is 1.07 bits per heavy atom. The number of methoxy groups -OCH3 is 1. The number of rotatable bonds is 6. The van der Waals surface area contributed by atoms with Crippen LogP contribution in [0.5, 0.6) is 5.75 Å². The Kier molecular flexibility index (Phi) is 5.50. The quantitative estimate of drug-likeness (QED) is 0.713. The summed E-state index contributed by atoms with van der Waals surface area (Å²) in [5, 5.41) is 3.58. The maximum Gasteiger partial charge on any atom is 0.138 e. The van der Waals surface area contributed by atoms with Gasteiger partial charge in [0.1, 0.15) is 17.2 Å². The molecule has 1 N–H and O–H groups in total. The van der Waals surface area contributed by atoms with E-state index in [9.17, 15) is 0 Å². The third kappa shape index (κ3) is 3.98. The van der Waals surface area contributed by atoms with Crippen molar-refractivity contribution in [2.75, 3.05) is 45.2 Å². The van der Waals surface area contributed by atoms with Gasteiger partial charge in [0.15, 0.2) is 0 Å². The van der Waals surface area contributed by atoms with Crippen LogP contribution in [0.25, 0.3) is 5.65 Å². The molecular formula is C22H29N5O. The molecule has 3 heterocycles. The van der Waals surface area contributed by atoms with E-state index in [1.165, 1.54) is 11.4 Å². The Morgan fingerprint density at radius 2 is 1.82 bits per heavy atom. The highest BCUT2D eigenvalue weighted by atomic mass is 16.5. The van der Waals surface area contributed by atoms with Crippen molar-refractivity contribution in [1.29, 1.82) is 0 Å². The van der Waals surface area contributed by atoms with E-state index in [1.807, 2.05) is 12.1 Å². The van der Waals surface area contributed by atoms with Gasteiger partial charge in [-0.05, 0) is 43.8 Å². The number of anilines is 1. The highest BCUT2D eigenvalue weighted by Crippen LogP contribution is 2.21. The zero-order valence-electron chi connectivity index (χ0n) is 16.9. The number of nitrogens with zero attached hydrogens (tertiary/aromatic N) is 4. The van der Waals surface area contributed by atoms with Crippen LogP contribution in [0.15, 0.2) is 48.7 Å². The second-order valence-electron chi connectivity index (χ2n) is 7.51. The molecule has 1 saturated heterocycles. The van der Waals surface area contributed by atoms with Gasteiger partial charge in [0.25, 0.3) is 0 Å². The molecule has 2 aromatic heterocycles. The van der Waals surface area contributed by atoms with E-state index in [0.29, 0.717) is 0 Å². The number of piperazine rings is 1. The first kappa shape index (κ1) is 18.8. The lowest BCUT2D eigenvalue weighted by atomic mass is 10.1. The van der Waals surface area contributed by atoms with E-state index in [4.69, 9.17) is 9.72 Å². The first-order valence-corrected chi connectivity index (χ1v) is 9.92. The predicted molar refractivity (Wildman–Crippen MR) is 113 cm³/mol. The molecule has 0 saturated carbocycles. The average molecular weight is 380 g/mol. The van der Waals surface area contributed by atoms with Crippen LogP contribution in [0.4, 0.5) is 5.82 Å². The fourth-order valence-corrected chi connectivity index (χ4v) is 3.69. The largest absolute Gasteiger partial charge is 0.497 e. The molecule has 0 unspecified atom stereocenters. The van der Waals surface area contributed by atoms with Crippen molar-refractivity contribution in [3.8, 4) is 5.75 Å². The van der Waals surface area contributed by atoms with E-state index in [1.54, 1.807) is 7.11 Å². The SMILES string of the molecule is COc1ccc([C@H](C)NCc2cn3c(N4CCN(C)CC4)cccc3n2)cc1. The number of hydrogen-bond acceptors (Lipinski definition) is 5. The lowest BCUT2D eigenvalue weighted by Gasteiger charge is -2.34. The van der Waals surface area contributed by atoms with Crippen molar-refractivity contribution in [3.63, 3.8) is 0 Å². The summed E-state index contributed by atoms with van der Waals surface area (Å²) in [6.07, 6.45) is 2.16. The van der Waals surface area contributed by atoms with Gasteiger partial charge < -0.3 is 19.9 Å². The maximum absolute atomic E-state index is 5.24. The first-order chi connectivity index (χ1) is 13.6. The first-order valence-electron chi connectivity index (χ1n) is 9.92. The third-order valence-corrected chi connectivity index (χ3v) is 5.55. The molecule has 4 rings (SSSR count). The summed E-state index contributed by atoms with van der Waals surface area (Å²) >= 11 is 0. The van der Waals surface area contributed by atoms with E-state index in [0.717, 1.165) is 49.8 Å². The second-order valence-corrected chi connectivity index (χ2v) is 7.51. The van der Waals surface area contributed by atoms with Crippen molar-refractivity contribution in [2.45, 2.75) is 19.5 Å². The molecule has 1 aliphatic rings. The number of nitrogens with one attached hydrogen (secondary N) is 1. The van der Waals surface area contributed by atoms with Crippen LogP contribution in [0.3, 0.4) is 0 Å². The number of benzene rings is 1. The van der Waals surface area contributed by atoms with Crippen LogP contribution < -0.4 is 15.0 Å². The topological polar surface area (TPSA) is 45.0 Å². The summed E-state index contributed by atoms with van der Waals surface area (Å²) in [7, 11) is 3.87. The molecule has 6 heteroatoms. The van der Waals surface area contributed by atoms with Gasteiger partial charge in [-0.15, -0.1) is 0 Å². The Bertz CT molecular complexity index is 912.